The fourth-order valence-corrected chi connectivity index (χ4v) is 1.61. The van der Waals surface area contributed by atoms with Crippen LogP contribution in [0.4, 0.5) is 0 Å². The van der Waals surface area contributed by atoms with Gasteiger partial charge in [0.1, 0.15) is 0 Å². The number of rotatable bonds is 5. The van der Waals surface area contributed by atoms with Gasteiger partial charge in [-0.1, -0.05) is 6.07 Å². The normalized spacial score (nSPS) is 13.6. The van der Waals surface area contributed by atoms with Crippen LogP contribution in [-0.2, 0) is 11.2 Å². The van der Waals surface area contributed by atoms with Crippen LogP contribution < -0.4 is 14.9 Å². The van der Waals surface area contributed by atoms with Crippen LogP contribution in [0.1, 0.15) is 18.9 Å². The second kappa shape index (κ2) is 5.34. The van der Waals surface area contributed by atoms with Gasteiger partial charge in [-0.15, -0.1) is 0 Å². The summed E-state index contributed by atoms with van der Waals surface area (Å²) in [5.74, 6) is 1.59. The topological polar surface area (TPSA) is 59.9 Å². The van der Waals surface area contributed by atoms with E-state index in [9.17, 15) is 4.79 Å². The van der Waals surface area contributed by atoms with Crippen molar-refractivity contribution in [3.8, 4) is 11.5 Å². The van der Waals surface area contributed by atoms with Crippen LogP contribution in [0.3, 0.4) is 0 Å². The first-order valence-electron chi connectivity index (χ1n) is 5.40. The first-order valence-corrected chi connectivity index (χ1v) is 5.40. The lowest BCUT2D eigenvalue weighted by Gasteiger charge is -2.03. The molecule has 90 valence electrons. The Labute approximate surface area is 99.4 Å². The quantitative estimate of drug-likeness (QED) is 0.477. The number of hydrazone groups is 1. The minimum Gasteiger partial charge on any atom is -0.454 e. The smallest absolute Gasteiger partial charge is 0.231 e. The molecule has 1 aromatic rings. The molecule has 0 aliphatic carbocycles. The van der Waals surface area contributed by atoms with E-state index < -0.39 is 0 Å². The first kappa shape index (κ1) is 11.4. The first-order chi connectivity index (χ1) is 8.29. The Morgan fingerprint density at radius 2 is 2.29 bits per heavy atom. The molecule has 0 saturated heterocycles. The molecule has 1 aliphatic heterocycles. The molecule has 1 aromatic carbocycles. The summed E-state index contributed by atoms with van der Waals surface area (Å²) in [6.07, 6.45) is 2.21. The molecule has 0 radical (unpaired) electrons. The zero-order valence-corrected chi connectivity index (χ0v) is 9.60. The van der Waals surface area contributed by atoms with E-state index in [4.69, 9.17) is 9.47 Å². The van der Waals surface area contributed by atoms with Crippen LogP contribution >= 0.6 is 0 Å². The van der Waals surface area contributed by atoms with Crippen LogP contribution in [-0.4, -0.2) is 18.9 Å². The molecule has 0 fully saturated rings. The van der Waals surface area contributed by atoms with Crippen molar-refractivity contribution in [3.05, 3.63) is 23.8 Å². The number of hydrogen-bond acceptors (Lipinski definition) is 4. The van der Waals surface area contributed by atoms with Gasteiger partial charge >= 0.3 is 0 Å². The zero-order valence-electron chi connectivity index (χ0n) is 9.60. The molecular weight excluding hydrogens is 220 g/mol. The fourth-order valence-electron chi connectivity index (χ4n) is 1.61. The van der Waals surface area contributed by atoms with Crippen molar-refractivity contribution in [1.82, 2.24) is 5.43 Å². The number of amides is 1. The summed E-state index contributed by atoms with van der Waals surface area (Å²) in [6, 6.07) is 5.89. The van der Waals surface area contributed by atoms with Gasteiger partial charge in [0.15, 0.2) is 11.5 Å². The highest BCUT2D eigenvalue weighted by Crippen LogP contribution is 2.32. The van der Waals surface area contributed by atoms with Gasteiger partial charge in [-0.05, 0) is 37.5 Å². The SMILES string of the molecule is C/C(CCc1ccc2c(c1)OCO2)=N/NC=O. The Hall–Kier alpha value is -2.04. The Morgan fingerprint density at radius 3 is 3.12 bits per heavy atom. The van der Waals surface area contributed by atoms with E-state index in [0.29, 0.717) is 13.2 Å². The van der Waals surface area contributed by atoms with Crippen LogP contribution in [0, 0.1) is 0 Å². The van der Waals surface area contributed by atoms with Gasteiger partial charge in [0, 0.05) is 5.71 Å². The van der Waals surface area contributed by atoms with Gasteiger partial charge in [0.25, 0.3) is 0 Å². The fraction of sp³-hybridized carbons (Fsp3) is 0.333. The molecule has 5 nitrogen and oxygen atoms in total. The highest BCUT2D eigenvalue weighted by molar-refractivity contribution is 5.82. The maximum absolute atomic E-state index is 10.1. The second-order valence-electron chi connectivity index (χ2n) is 3.78. The predicted molar refractivity (Wildman–Crippen MR) is 63.2 cm³/mol. The number of carbonyl (C=O) groups is 1. The molecule has 0 aromatic heterocycles. The highest BCUT2D eigenvalue weighted by Gasteiger charge is 2.12. The number of fused-ring (bicyclic) bond motifs is 1. The van der Waals surface area contributed by atoms with Crippen LogP contribution in [0.2, 0.25) is 0 Å². The van der Waals surface area contributed by atoms with Crippen LogP contribution in [0.25, 0.3) is 0 Å². The molecule has 5 heteroatoms. The standard InChI is InChI=1S/C12H14N2O3/c1-9(14-13-7-15)2-3-10-4-5-11-12(6-10)17-8-16-11/h4-7H,2-3,8H2,1H3,(H,13,15)/b14-9-. The number of hydrogen-bond donors (Lipinski definition) is 1. The monoisotopic (exact) mass is 234 g/mol. The number of benzene rings is 1. The molecule has 0 saturated carbocycles. The Bertz CT molecular complexity index is 443. The van der Waals surface area contributed by atoms with Gasteiger partial charge in [-0.25, -0.2) is 5.43 Å². The Balaban J connectivity index is 1.93. The van der Waals surface area contributed by atoms with E-state index in [1.165, 1.54) is 0 Å². The van der Waals surface area contributed by atoms with Gasteiger partial charge in [0.05, 0.1) is 0 Å². The molecule has 1 heterocycles. The molecule has 0 spiro atoms. The van der Waals surface area contributed by atoms with Crippen molar-refractivity contribution >= 4 is 12.1 Å². The van der Waals surface area contributed by atoms with Crippen molar-refractivity contribution in [2.24, 2.45) is 5.10 Å². The van der Waals surface area contributed by atoms with Gasteiger partial charge in [-0.3, -0.25) is 4.79 Å². The molecular formula is C12H14N2O3. The predicted octanol–water partition coefficient (Wildman–Crippen LogP) is 1.47. The summed E-state index contributed by atoms with van der Waals surface area (Å²) in [4.78, 5) is 10.1. The Morgan fingerprint density at radius 1 is 1.47 bits per heavy atom. The number of nitrogens with zero attached hydrogens (tertiary/aromatic N) is 1. The molecule has 1 aliphatic rings. The van der Waals surface area contributed by atoms with Gasteiger partial charge < -0.3 is 9.47 Å². The molecule has 2 rings (SSSR count). The summed E-state index contributed by atoms with van der Waals surface area (Å²) in [5.41, 5.74) is 4.33. The second-order valence-corrected chi connectivity index (χ2v) is 3.78. The molecule has 17 heavy (non-hydrogen) atoms. The van der Waals surface area contributed by atoms with Crippen molar-refractivity contribution in [3.63, 3.8) is 0 Å². The zero-order chi connectivity index (χ0) is 12.1. The number of aryl methyl sites for hydroxylation is 1. The van der Waals surface area contributed by atoms with E-state index in [0.717, 1.165) is 35.6 Å². The summed E-state index contributed by atoms with van der Waals surface area (Å²) in [5, 5.41) is 3.87. The molecule has 1 N–H and O–H groups in total. The Kier molecular flexibility index (Phi) is 3.59. The molecule has 1 amide bonds. The van der Waals surface area contributed by atoms with E-state index in [1.807, 2.05) is 25.1 Å². The number of nitrogens with one attached hydrogen (secondary N) is 1. The van der Waals surface area contributed by atoms with Gasteiger partial charge in [0.2, 0.25) is 13.2 Å². The highest BCUT2D eigenvalue weighted by atomic mass is 16.7. The average molecular weight is 234 g/mol. The minimum atomic E-state index is 0.294. The van der Waals surface area contributed by atoms with E-state index >= 15 is 0 Å². The van der Waals surface area contributed by atoms with Crippen molar-refractivity contribution in [1.29, 1.82) is 0 Å². The third-order valence-corrected chi connectivity index (χ3v) is 2.52. The summed E-state index contributed by atoms with van der Waals surface area (Å²) >= 11 is 0. The number of ether oxygens (including phenoxy) is 2. The van der Waals surface area contributed by atoms with Gasteiger partial charge in [-0.2, -0.15) is 5.10 Å². The third kappa shape index (κ3) is 2.96. The lowest BCUT2D eigenvalue weighted by Crippen LogP contribution is -2.06. The largest absolute Gasteiger partial charge is 0.454 e. The number of carbonyl (C=O) groups excluding carboxylic acids is 1. The van der Waals surface area contributed by atoms with E-state index in [2.05, 4.69) is 10.5 Å². The minimum absolute atomic E-state index is 0.294. The average Bonchev–Trinajstić information content (AvgIpc) is 2.81. The molecule has 0 atom stereocenters. The summed E-state index contributed by atoms with van der Waals surface area (Å²) in [7, 11) is 0. The van der Waals surface area contributed by atoms with Crippen LogP contribution in [0.15, 0.2) is 23.3 Å². The van der Waals surface area contributed by atoms with Crippen molar-refractivity contribution in [2.75, 3.05) is 6.79 Å². The van der Waals surface area contributed by atoms with Crippen LogP contribution in [0.5, 0.6) is 11.5 Å². The van der Waals surface area contributed by atoms with Crippen molar-refractivity contribution in [2.45, 2.75) is 19.8 Å². The third-order valence-electron chi connectivity index (χ3n) is 2.52. The summed E-state index contributed by atoms with van der Waals surface area (Å²) in [6.45, 7) is 2.17. The lowest BCUT2D eigenvalue weighted by molar-refractivity contribution is -0.109. The lowest BCUT2D eigenvalue weighted by atomic mass is 10.1. The summed E-state index contributed by atoms with van der Waals surface area (Å²) < 4.78 is 10.5. The van der Waals surface area contributed by atoms with Crippen molar-refractivity contribution < 1.29 is 14.3 Å². The van der Waals surface area contributed by atoms with E-state index in [-0.39, 0.29) is 0 Å². The maximum atomic E-state index is 10.1. The maximum Gasteiger partial charge on any atom is 0.231 e. The van der Waals surface area contributed by atoms with E-state index in [1.54, 1.807) is 0 Å². The molecule has 0 unspecified atom stereocenters. The molecule has 0 bridgehead atoms.